The lowest BCUT2D eigenvalue weighted by molar-refractivity contribution is 0.435. The topological polar surface area (TPSA) is 88.5 Å². The molecular formula is HF3O5S2. The Kier molecular flexibility index (Phi) is 4.60. The van der Waals surface area contributed by atoms with Gasteiger partial charge >= 0.3 is 21.1 Å². The molecular weight excluding hydrogens is 201 g/mol. The maximum absolute atomic E-state index is 10.2. The molecule has 0 fully saturated rings. The first-order valence-corrected chi connectivity index (χ1v) is 3.94. The standard InChI is InChI=1S/F2O2S.FHO3S/c2*1-5(2,3)4/h;(H,2,3,4). The molecule has 5 nitrogen and oxygen atoms in total. The second kappa shape index (κ2) is 3.73. The van der Waals surface area contributed by atoms with Gasteiger partial charge in [0.05, 0.1) is 0 Å². The van der Waals surface area contributed by atoms with Crippen molar-refractivity contribution in [2.45, 2.75) is 0 Å². The van der Waals surface area contributed by atoms with Gasteiger partial charge in [-0.1, -0.05) is 11.7 Å². The van der Waals surface area contributed by atoms with Crippen LogP contribution in [0.15, 0.2) is 0 Å². The Bertz CT molecular complexity index is 211. The summed E-state index contributed by atoms with van der Waals surface area (Å²) in [5, 5.41) is 0. The Balaban J connectivity index is 0. The van der Waals surface area contributed by atoms with Crippen molar-refractivity contribution in [2.75, 3.05) is 0 Å². The third-order valence-corrected chi connectivity index (χ3v) is 0. The van der Waals surface area contributed by atoms with E-state index in [9.17, 15) is 11.7 Å². The first-order valence-electron chi connectivity index (χ1n) is 1.31. The van der Waals surface area contributed by atoms with Crippen molar-refractivity contribution in [3.05, 3.63) is 0 Å². The van der Waals surface area contributed by atoms with Crippen molar-refractivity contribution >= 4 is 21.1 Å². The molecule has 64 valence electrons. The van der Waals surface area contributed by atoms with Crippen LogP contribution in [0.25, 0.3) is 0 Å². The lowest BCUT2D eigenvalue weighted by Gasteiger charge is -1.63. The third kappa shape index (κ3) is 2760. The fourth-order valence-corrected chi connectivity index (χ4v) is 0. The maximum atomic E-state index is 10.2. The zero-order chi connectivity index (χ0) is 9.00. The number of hydrogen-bond donors (Lipinski definition) is 1. The Morgan fingerprint density at radius 1 is 0.900 bits per heavy atom. The van der Waals surface area contributed by atoms with Crippen LogP contribution < -0.4 is 0 Å². The van der Waals surface area contributed by atoms with Crippen LogP contribution in [0.2, 0.25) is 0 Å². The lowest BCUT2D eigenvalue weighted by Crippen LogP contribution is -1.80. The summed E-state index contributed by atoms with van der Waals surface area (Å²) in [6.45, 7) is 0. The molecule has 0 heterocycles. The minimum absolute atomic E-state index is 5.17. The minimum Gasteiger partial charge on any atom is -0.260 e. The van der Waals surface area contributed by atoms with E-state index >= 15 is 0 Å². The van der Waals surface area contributed by atoms with Gasteiger partial charge in [-0.25, -0.2) is 0 Å². The fraction of sp³-hybridized carbons (Fsp3) is 0. The summed E-state index contributed by atoms with van der Waals surface area (Å²) >= 11 is 0. The smallest absolute Gasteiger partial charge is 0.260 e. The van der Waals surface area contributed by atoms with E-state index < -0.39 is 21.1 Å². The van der Waals surface area contributed by atoms with Crippen LogP contribution in [-0.4, -0.2) is 21.4 Å². The van der Waals surface area contributed by atoms with Gasteiger partial charge in [-0.15, -0.1) is 0 Å². The number of rotatable bonds is 0. The Morgan fingerprint density at radius 3 is 0.900 bits per heavy atom. The van der Waals surface area contributed by atoms with Crippen molar-refractivity contribution in [3.8, 4) is 0 Å². The highest BCUT2D eigenvalue weighted by Gasteiger charge is 1.94. The molecule has 0 aromatic heterocycles. The third-order valence-electron chi connectivity index (χ3n) is 0. The second-order valence-corrected chi connectivity index (χ2v) is 2.37. The van der Waals surface area contributed by atoms with Gasteiger partial charge < -0.3 is 0 Å². The Morgan fingerprint density at radius 2 is 0.900 bits per heavy atom. The summed E-state index contributed by atoms with van der Waals surface area (Å²) < 4.78 is 70.7. The van der Waals surface area contributed by atoms with Gasteiger partial charge in [-0.2, -0.15) is 16.8 Å². The first-order chi connectivity index (χ1) is 4.00. The average Bonchev–Trinajstić information content (AvgIpc) is 1.12. The minimum atomic E-state index is -5.67. The van der Waals surface area contributed by atoms with Crippen LogP contribution in [0.5, 0.6) is 0 Å². The van der Waals surface area contributed by atoms with E-state index in [-0.39, 0.29) is 0 Å². The van der Waals surface area contributed by atoms with E-state index in [2.05, 4.69) is 0 Å². The van der Waals surface area contributed by atoms with Crippen LogP contribution in [0.3, 0.4) is 0 Å². The molecule has 0 aliphatic heterocycles. The molecule has 0 spiro atoms. The summed E-state index contributed by atoms with van der Waals surface area (Å²) in [6.07, 6.45) is 0. The van der Waals surface area contributed by atoms with Gasteiger partial charge in [0.25, 0.3) is 0 Å². The molecule has 0 aromatic carbocycles. The molecule has 0 unspecified atom stereocenters. The molecule has 1 N–H and O–H groups in total. The summed E-state index contributed by atoms with van der Waals surface area (Å²) in [6, 6.07) is 0. The fourth-order valence-electron chi connectivity index (χ4n) is 0. The predicted octanol–water partition coefficient (Wildman–Crippen LogP) is -0.0711. The zero-order valence-corrected chi connectivity index (χ0v) is 5.66. The normalized spacial score (nSPS) is 11.6. The van der Waals surface area contributed by atoms with E-state index in [0.29, 0.717) is 0 Å². The predicted molar refractivity (Wildman–Crippen MR) is 23.8 cm³/mol. The summed E-state index contributed by atoms with van der Waals surface area (Å²) in [4.78, 5) is 0. The monoisotopic (exact) mass is 202 g/mol. The largest absolute Gasteiger partial charge is 0.476 e. The van der Waals surface area contributed by atoms with Crippen LogP contribution >= 0.6 is 0 Å². The Labute approximate surface area is 55.0 Å². The summed E-state index contributed by atoms with van der Waals surface area (Å²) in [5.41, 5.74) is 0. The highest BCUT2D eigenvalue weighted by atomic mass is 32.3. The molecule has 0 saturated heterocycles. The van der Waals surface area contributed by atoms with Crippen molar-refractivity contribution in [1.82, 2.24) is 0 Å². The summed E-state index contributed by atoms with van der Waals surface area (Å²) in [7, 11) is -10.8. The van der Waals surface area contributed by atoms with Gasteiger partial charge in [0.2, 0.25) is 0 Å². The quantitative estimate of drug-likeness (QED) is 0.438. The van der Waals surface area contributed by atoms with E-state index in [1.54, 1.807) is 0 Å². The molecule has 0 bridgehead atoms. The van der Waals surface area contributed by atoms with Crippen molar-refractivity contribution in [1.29, 1.82) is 0 Å². The van der Waals surface area contributed by atoms with Gasteiger partial charge in [-0.3, -0.25) is 4.55 Å². The van der Waals surface area contributed by atoms with Crippen molar-refractivity contribution in [3.63, 3.8) is 0 Å². The molecule has 0 aliphatic rings. The van der Waals surface area contributed by atoms with E-state index in [1.165, 1.54) is 0 Å². The summed E-state index contributed by atoms with van der Waals surface area (Å²) in [5.74, 6) is 0. The molecule has 0 radical (unpaired) electrons. The number of hydrogen-bond acceptors (Lipinski definition) is 4. The molecule has 0 aliphatic carbocycles. The van der Waals surface area contributed by atoms with Crippen LogP contribution in [0, 0.1) is 0 Å². The van der Waals surface area contributed by atoms with Crippen molar-refractivity contribution < 1.29 is 33.0 Å². The average molecular weight is 202 g/mol. The molecule has 0 amide bonds. The Hall–Kier alpha value is -0.350. The lowest BCUT2D eigenvalue weighted by atomic mass is 15.9. The molecule has 10 heavy (non-hydrogen) atoms. The van der Waals surface area contributed by atoms with Crippen LogP contribution in [0.1, 0.15) is 0 Å². The zero-order valence-electron chi connectivity index (χ0n) is 4.03. The SMILES string of the molecule is O=S(=O)(F)F.O=S(=O)(O)F. The highest BCUT2D eigenvalue weighted by molar-refractivity contribution is 7.81. The van der Waals surface area contributed by atoms with Gasteiger partial charge in [0, 0.05) is 0 Å². The van der Waals surface area contributed by atoms with Gasteiger partial charge in [-0.05, 0) is 0 Å². The molecule has 0 atom stereocenters. The van der Waals surface area contributed by atoms with Gasteiger partial charge in [0.1, 0.15) is 0 Å². The first kappa shape index (κ1) is 12.3. The molecule has 0 saturated carbocycles. The second-order valence-electron chi connectivity index (χ2n) is 0.790. The van der Waals surface area contributed by atoms with E-state index in [0.717, 1.165) is 0 Å². The number of halogens is 3. The maximum Gasteiger partial charge on any atom is 0.476 e. The van der Waals surface area contributed by atoms with Crippen LogP contribution in [-0.2, 0) is 21.1 Å². The highest BCUT2D eigenvalue weighted by Crippen LogP contribution is 1.85. The van der Waals surface area contributed by atoms with Gasteiger partial charge in [0.15, 0.2) is 0 Å². The van der Waals surface area contributed by atoms with Crippen LogP contribution in [0.4, 0.5) is 11.7 Å². The molecule has 0 rings (SSSR count). The molecule has 0 aromatic rings. The van der Waals surface area contributed by atoms with Crippen molar-refractivity contribution in [2.24, 2.45) is 0 Å². The molecule has 10 heteroatoms. The van der Waals surface area contributed by atoms with E-state index in [1.807, 2.05) is 0 Å². The van der Waals surface area contributed by atoms with E-state index in [4.69, 9.17) is 21.4 Å².